The zero-order chi connectivity index (χ0) is 18.6. The van der Waals surface area contributed by atoms with Crippen LogP contribution in [0.5, 0.6) is 0 Å². The summed E-state index contributed by atoms with van der Waals surface area (Å²) in [4.78, 5) is 38.6. The molecule has 0 amide bonds. The molecule has 3 N–H and O–H groups in total. The minimum atomic E-state index is -1.71. The number of hydrogen-bond acceptors (Lipinski definition) is 7. The number of ether oxygens (including phenoxy) is 2. The first-order chi connectivity index (χ1) is 12.4. The van der Waals surface area contributed by atoms with Gasteiger partial charge >= 0.3 is 11.9 Å². The predicted molar refractivity (Wildman–Crippen MR) is 94.6 cm³/mol. The van der Waals surface area contributed by atoms with Gasteiger partial charge in [0.2, 0.25) is 0 Å². The van der Waals surface area contributed by atoms with E-state index in [1.165, 1.54) is 7.11 Å². The fourth-order valence-corrected chi connectivity index (χ4v) is 4.30. The molecule has 0 bridgehead atoms. The van der Waals surface area contributed by atoms with Gasteiger partial charge in [-0.05, 0) is 24.6 Å². The first kappa shape index (κ1) is 16.8. The Bertz CT molecular complexity index is 949. The molecule has 3 aliphatic rings. The molecule has 4 rings (SSSR count). The summed E-state index contributed by atoms with van der Waals surface area (Å²) in [5.74, 6) is -1.44. The van der Waals surface area contributed by atoms with Crippen molar-refractivity contribution in [3.05, 3.63) is 51.0 Å². The molecule has 2 aliphatic heterocycles. The van der Waals surface area contributed by atoms with Gasteiger partial charge in [-0.25, -0.2) is 9.59 Å². The summed E-state index contributed by atoms with van der Waals surface area (Å²) < 4.78 is 11.1. The second-order valence-electron chi connectivity index (χ2n) is 6.31. The van der Waals surface area contributed by atoms with Gasteiger partial charge in [0.15, 0.2) is 11.2 Å². The van der Waals surface area contributed by atoms with Crippen LogP contribution >= 0.6 is 15.9 Å². The number of rotatable bonds is 1. The van der Waals surface area contributed by atoms with E-state index in [9.17, 15) is 14.4 Å². The van der Waals surface area contributed by atoms with Gasteiger partial charge < -0.3 is 20.5 Å². The van der Waals surface area contributed by atoms with E-state index in [0.717, 1.165) is 0 Å². The Morgan fingerprint density at radius 2 is 2.12 bits per heavy atom. The SMILES string of the molecule is COC(=O)C1=C(N)Nc2ccc(Br)cc2[C@@]12C(=O)OC1=C2C(=O)CCC1. The number of nitrogens with two attached hydrogens (primary N) is 1. The lowest BCUT2D eigenvalue weighted by atomic mass is 9.64. The third-order valence-electron chi connectivity index (χ3n) is 4.95. The van der Waals surface area contributed by atoms with Gasteiger partial charge in [0.05, 0.1) is 12.7 Å². The lowest BCUT2D eigenvalue weighted by molar-refractivity contribution is -0.145. The number of esters is 2. The van der Waals surface area contributed by atoms with Gasteiger partial charge in [-0.1, -0.05) is 15.9 Å². The lowest BCUT2D eigenvalue weighted by Crippen LogP contribution is -2.47. The van der Waals surface area contributed by atoms with Crippen LogP contribution in [-0.4, -0.2) is 24.8 Å². The van der Waals surface area contributed by atoms with Gasteiger partial charge in [-0.3, -0.25) is 4.79 Å². The highest BCUT2D eigenvalue weighted by atomic mass is 79.9. The predicted octanol–water partition coefficient (Wildman–Crippen LogP) is 2.02. The molecule has 8 heteroatoms. The number of methoxy groups -OCH3 is 1. The molecule has 1 aliphatic carbocycles. The van der Waals surface area contributed by atoms with E-state index in [0.29, 0.717) is 34.3 Å². The van der Waals surface area contributed by atoms with Crippen LogP contribution in [0.3, 0.4) is 0 Å². The number of Topliss-reactive ketones (excluding diaryl/α,β-unsaturated/α-hetero) is 1. The number of carbonyl (C=O) groups is 3. The van der Waals surface area contributed by atoms with E-state index in [-0.39, 0.29) is 29.2 Å². The zero-order valence-corrected chi connectivity index (χ0v) is 15.4. The van der Waals surface area contributed by atoms with Crippen molar-refractivity contribution in [2.45, 2.75) is 24.7 Å². The van der Waals surface area contributed by atoms with Crippen LogP contribution in [-0.2, 0) is 29.3 Å². The highest BCUT2D eigenvalue weighted by Gasteiger charge is 2.62. The minimum Gasteiger partial charge on any atom is -0.466 e. The molecule has 0 aromatic heterocycles. The summed E-state index contributed by atoms with van der Waals surface area (Å²) in [6.07, 6.45) is 1.33. The van der Waals surface area contributed by atoms with E-state index in [1.807, 2.05) is 0 Å². The Hall–Kier alpha value is -2.61. The average molecular weight is 419 g/mol. The Balaban J connectivity index is 2.13. The van der Waals surface area contributed by atoms with Crippen LogP contribution in [0, 0.1) is 0 Å². The number of carbonyl (C=O) groups excluding carboxylic acids is 3. The largest absolute Gasteiger partial charge is 0.466 e. The second kappa shape index (κ2) is 5.70. The molecule has 1 aromatic carbocycles. The average Bonchev–Trinajstić information content (AvgIpc) is 2.89. The molecule has 134 valence electrons. The maximum absolute atomic E-state index is 13.2. The smallest absolute Gasteiger partial charge is 0.339 e. The molecule has 0 unspecified atom stereocenters. The van der Waals surface area contributed by atoms with Crippen molar-refractivity contribution in [2.75, 3.05) is 12.4 Å². The number of fused-ring (bicyclic) bond motifs is 3. The summed E-state index contributed by atoms with van der Waals surface area (Å²) in [6, 6.07) is 5.19. The van der Waals surface area contributed by atoms with Crippen molar-refractivity contribution in [2.24, 2.45) is 5.73 Å². The van der Waals surface area contributed by atoms with E-state index in [2.05, 4.69) is 21.2 Å². The quantitative estimate of drug-likeness (QED) is 0.671. The molecule has 0 fully saturated rings. The van der Waals surface area contributed by atoms with Gasteiger partial charge in [0.25, 0.3) is 0 Å². The number of halogens is 1. The molecule has 1 aromatic rings. The van der Waals surface area contributed by atoms with Gasteiger partial charge in [-0.2, -0.15) is 0 Å². The van der Waals surface area contributed by atoms with Gasteiger partial charge in [0.1, 0.15) is 17.2 Å². The molecule has 26 heavy (non-hydrogen) atoms. The lowest BCUT2D eigenvalue weighted by Gasteiger charge is -2.36. The van der Waals surface area contributed by atoms with E-state index < -0.39 is 17.4 Å². The van der Waals surface area contributed by atoms with Crippen LogP contribution < -0.4 is 11.1 Å². The number of benzene rings is 1. The van der Waals surface area contributed by atoms with Crippen LogP contribution in [0.1, 0.15) is 24.8 Å². The molecule has 0 saturated carbocycles. The number of ketones is 1. The fraction of sp³-hybridized carbons (Fsp3) is 0.278. The molecular formula is C18H15BrN2O5. The molecule has 1 spiro atoms. The van der Waals surface area contributed by atoms with Crippen molar-refractivity contribution in [1.82, 2.24) is 0 Å². The minimum absolute atomic E-state index is 0.0317. The third-order valence-corrected chi connectivity index (χ3v) is 5.44. The highest BCUT2D eigenvalue weighted by molar-refractivity contribution is 9.10. The monoisotopic (exact) mass is 418 g/mol. The summed E-state index contributed by atoms with van der Waals surface area (Å²) >= 11 is 3.39. The molecule has 2 heterocycles. The topological polar surface area (TPSA) is 108 Å². The van der Waals surface area contributed by atoms with Crippen LogP contribution in [0.25, 0.3) is 0 Å². The maximum atomic E-state index is 13.2. The fourth-order valence-electron chi connectivity index (χ4n) is 3.94. The van der Waals surface area contributed by atoms with Crippen molar-refractivity contribution < 1.29 is 23.9 Å². The van der Waals surface area contributed by atoms with E-state index in [4.69, 9.17) is 15.2 Å². The molecule has 0 radical (unpaired) electrons. The Kier molecular flexibility index (Phi) is 3.69. The first-order valence-corrected chi connectivity index (χ1v) is 8.85. The van der Waals surface area contributed by atoms with Crippen molar-refractivity contribution in [3.8, 4) is 0 Å². The van der Waals surface area contributed by atoms with Crippen LogP contribution in [0.4, 0.5) is 5.69 Å². The molecule has 1 atom stereocenters. The zero-order valence-electron chi connectivity index (χ0n) is 13.8. The standard InChI is InChI=1S/C18H15BrN2O5/c1-25-16(23)14-15(20)21-10-6-5-8(19)7-9(10)18(14)13-11(22)3-2-4-12(13)26-17(18)24/h5-7,21H,2-4,20H2,1H3/t18-/m0/s1. The summed E-state index contributed by atoms with van der Waals surface area (Å²) in [6.45, 7) is 0. The van der Waals surface area contributed by atoms with Crippen molar-refractivity contribution in [3.63, 3.8) is 0 Å². The van der Waals surface area contributed by atoms with Crippen LogP contribution in [0.2, 0.25) is 0 Å². The number of hydrogen-bond donors (Lipinski definition) is 2. The Morgan fingerprint density at radius 3 is 2.85 bits per heavy atom. The normalized spacial score (nSPS) is 24.2. The Morgan fingerprint density at radius 1 is 1.35 bits per heavy atom. The first-order valence-electron chi connectivity index (χ1n) is 8.06. The van der Waals surface area contributed by atoms with Gasteiger partial charge in [0, 0.05) is 28.6 Å². The van der Waals surface area contributed by atoms with E-state index in [1.54, 1.807) is 18.2 Å². The number of nitrogens with one attached hydrogen (secondary N) is 1. The van der Waals surface area contributed by atoms with Crippen molar-refractivity contribution in [1.29, 1.82) is 0 Å². The van der Waals surface area contributed by atoms with E-state index >= 15 is 0 Å². The number of anilines is 1. The number of allylic oxidation sites excluding steroid dienone is 1. The summed E-state index contributed by atoms with van der Waals surface area (Å²) in [5, 5.41) is 2.93. The summed E-state index contributed by atoms with van der Waals surface area (Å²) in [5.41, 5.74) is 5.44. The highest BCUT2D eigenvalue weighted by Crippen LogP contribution is 2.54. The Labute approximate surface area is 157 Å². The second-order valence-corrected chi connectivity index (χ2v) is 7.23. The molecule has 0 saturated heterocycles. The summed E-state index contributed by atoms with van der Waals surface area (Å²) in [7, 11) is 1.20. The van der Waals surface area contributed by atoms with Crippen molar-refractivity contribution >= 4 is 39.3 Å². The maximum Gasteiger partial charge on any atom is 0.339 e. The molecule has 7 nitrogen and oxygen atoms in total. The molecular weight excluding hydrogens is 404 g/mol. The van der Waals surface area contributed by atoms with Crippen LogP contribution in [0.15, 0.2) is 45.4 Å². The third kappa shape index (κ3) is 2.02. The van der Waals surface area contributed by atoms with Gasteiger partial charge in [-0.15, -0.1) is 0 Å².